The molecule has 0 unspecified atom stereocenters. The van der Waals surface area contributed by atoms with Crippen LogP contribution in [0.5, 0.6) is 0 Å². The van der Waals surface area contributed by atoms with Crippen LogP contribution in [0.25, 0.3) is 5.69 Å². The minimum absolute atomic E-state index is 0.124. The van der Waals surface area contributed by atoms with Crippen molar-refractivity contribution in [2.75, 3.05) is 11.1 Å². The van der Waals surface area contributed by atoms with E-state index < -0.39 is 0 Å². The van der Waals surface area contributed by atoms with Crippen LogP contribution < -0.4 is 5.32 Å². The number of amides is 1. The van der Waals surface area contributed by atoms with Crippen molar-refractivity contribution >= 4 is 70.1 Å². The highest BCUT2D eigenvalue weighted by Gasteiger charge is 2.11. The van der Waals surface area contributed by atoms with Crippen LogP contribution >= 0.6 is 58.5 Å². The Hall–Kier alpha value is -1.45. The molecule has 0 atom stereocenters. The molecule has 27 heavy (non-hydrogen) atoms. The first-order chi connectivity index (χ1) is 12.8. The van der Waals surface area contributed by atoms with Gasteiger partial charge in [-0.25, -0.2) is 9.07 Å². The van der Waals surface area contributed by atoms with Crippen molar-refractivity contribution < 1.29 is 9.18 Å². The zero-order valence-electron chi connectivity index (χ0n) is 13.8. The van der Waals surface area contributed by atoms with E-state index in [0.717, 1.165) is 0 Å². The van der Waals surface area contributed by atoms with Crippen LogP contribution in [0.4, 0.5) is 10.1 Å². The summed E-state index contributed by atoms with van der Waals surface area (Å²) in [5, 5.41) is 7.92. The predicted molar refractivity (Wildman–Crippen MR) is 113 cm³/mol. The molecule has 1 heterocycles. The highest BCUT2D eigenvalue weighted by molar-refractivity contribution is 8.01. The third-order valence-electron chi connectivity index (χ3n) is 3.46. The normalized spacial score (nSPS) is 10.8. The lowest BCUT2D eigenvalue weighted by molar-refractivity contribution is -0.113. The van der Waals surface area contributed by atoms with Crippen LogP contribution in [0.2, 0.25) is 10.0 Å². The molecule has 0 bridgehead atoms. The Morgan fingerprint density at radius 2 is 2.07 bits per heavy atom. The number of benzene rings is 2. The lowest BCUT2D eigenvalue weighted by Gasteiger charge is -2.05. The summed E-state index contributed by atoms with van der Waals surface area (Å²) in [6.45, 7) is 1.66. The Balaban J connectivity index is 1.66. The maximum Gasteiger partial charge on any atom is 0.234 e. The fourth-order valence-corrected chi connectivity index (χ4v) is 4.55. The zero-order chi connectivity index (χ0) is 19.6. The highest BCUT2D eigenvalue weighted by Crippen LogP contribution is 2.28. The minimum atomic E-state index is -0.362. The van der Waals surface area contributed by atoms with Gasteiger partial charge in [-0.2, -0.15) is 0 Å². The summed E-state index contributed by atoms with van der Waals surface area (Å²) in [4.78, 5) is 12.1. The van der Waals surface area contributed by atoms with Gasteiger partial charge in [-0.1, -0.05) is 52.4 Å². The van der Waals surface area contributed by atoms with Crippen LogP contribution in [0.3, 0.4) is 0 Å². The zero-order valence-corrected chi connectivity index (χ0v) is 17.8. The number of nitrogens with zero attached hydrogens (tertiary/aromatic N) is 2. The number of hydrogen-bond acceptors (Lipinski definition) is 5. The molecular weight excluding hydrogens is 448 g/mol. The van der Waals surface area contributed by atoms with Crippen molar-refractivity contribution in [3.63, 3.8) is 0 Å². The van der Waals surface area contributed by atoms with Crippen molar-refractivity contribution in [1.29, 1.82) is 0 Å². The van der Waals surface area contributed by atoms with Gasteiger partial charge < -0.3 is 5.32 Å². The summed E-state index contributed by atoms with van der Waals surface area (Å²) in [6, 6.07) is 9.66. The van der Waals surface area contributed by atoms with Crippen molar-refractivity contribution in [3.05, 3.63) is 61.8 Å². The Bertz CT molecular complexity index is 1070. The maximum atomic E-state index is 13.5. The second kappa shape index (κ2) is 8.70. The van der Waals surface area contributed by atoms with Crippen molar-refractivity contribution in [3.8, 4) is 5.69 Å². The van der Waals surface area contributed by atoms with Crippen LogP contribution in [0.1, 0.15) is 5.56 Å². The first kappa shape index (κ1) is 20.3. The van der Waals surface area contributed by atoms with E-state index in [9.17, 15) is 9.18 Å². The minimum Gasteiger partial charge on any atom is -0.325 e. The molecule has 140 valence electrons. The number of aromatic nitrogens is 2. The molecule has 3 rings (SSSR count). The summed E-state index contributed by atoms with van der Waals surface area (Å²) in [5.41, 5.74) is 1.63. The molecule has 1 N–H and O–H groups in total. The molecule has 0 aliphatic rings. The summed E-state index contributed by atoms with van der Waals surface area (Å²) in [7, 11) is 0. The monoisotopic (exact) mass is 459 g/mol. The molecule has 0 aliphatic heterocycles. The van der Waals surface area contributed by atoms with E-state index in [1.165, 1.54) is 29.2 Å². The quantitative estimate of drug-likeness (QED) is 0.367. The van der Waals surface area contributed by atoms with Gasteiger partial charge in [0, 0.05) is 5.69 Å². The SMILES string of the molecule is Cc1ccc(NC(=O)CSc2nn(-c3ccc(Cl)c(Cl)c3)c(=S)s2)cc1F. The van der Waals surface area contributed by atoms with Crippen LogP contribution in [0.15, 0.2) is 40.7 Å². The summed E-state index contributed by atoms with van der Waals surface area (Å²) in [6.07, 6.45) is 0. The molecule has 3 aromatic rings. The van der Waals surface area contributed by atoms with Crippen LogP contribution in [-0.2, 0) is 4.79 Å². The van der Waals surface area contributed by atoms with Crippen LogP contribution in [0, 0.1) is 16.7 Å². The van der Waals surface area contributed by atoms with Crippen molar-refractivity contribution in [2.24, 2.45) is 0 Å². The Morgan fingerprint density at radius 1 is 1.30 bits per heavy atom. The molecule has 0 spiro atoms. The number of carbonyl (C=O) groups excluding carboxylic acids is 1. The van der Waals surface area contributed by atoms with Crippen LogP contribution in [-0.4, -0.2) is 21.4 Å². The van der Waals surface area contributed by atoms with Gasteiger partial charge in [-0.3, -0.25) is 4.79 Å². The molecule has 0 saturated carbocycles. The molecule has 1 aromatic heterocycles. The Labute approximate surface area is 178 Å². The fourth-order valence-electron chi connectivity index (χ4n) is 2.09. The number of halogens is 3. The van der Waals surface area contributed by atoms with Crippen molar-refractivity contribution in [2.45, 2.75) is 11.3 Å². The molecule has 2 aromatic carbocycles. The summed E-state index contributed by atoms with van der Waals surface area (Å²) >= 11 is 19.8. The van der Waals surface area contributed by atoms with E-state index in [2.05, 4.69) is 10.4 Å². The molecule has 0 saturated heterocycles. The van der Waals surface area contributed by atoms with Gasteiger partial charge in [0.25, 0.3) is 0 Å². The van der Waals surface area contributed by atoms with E-state index in [0.29, 0.717) is 35.3 Å². The number of thioether (sulfide) groups is 1. The standard InChI is InChI=1S/C17H12Cl2FN3OS3/c1-9-2-3-10(6-14(9)20)21-15(24)8-26-16-22-23(17(25)27-16)11-4-5-12(18)13(19)7-11/h2-7H,8H2,1H3,(H,21,24). The van der Waals surface area contributed by atoms with E-state index in [1.807, 2.05) is 0 Å². The molecule has 0 aliphatic carbocycles. The second-order valence-electron chi connectivity index (χ2n) is 5.44. The number of carbonyl (C=O) groups is 1. The van der Waals surface area contributed by atoms with Gasteiger partial charge in [0.05, 0.1) is 21.5 Å². The Morgan fingerprint density at radius 3 is 2.78 bits per heavy atom. The molecule has 1 amide bonds. The molecule has 4 nitrogen and oxygen atoms in total. The predicted octanol–water partition coefficient (Wildman–Crippen LogP) is 6.15. The first-order valence-corrected chi connectivity index (χ1v) is 10.5. The van der Waals surface area contributed by atoms with Gasteiger partial charge in [-0.05, 0) is 55.0 Å². The summed E-state index contributed by atoms with van der Waals surface area (Å²) in [5.74, 6) is -0.497. The number of anilines is 1. The maximum absolute atomic E-state index is 13.5. The lowest BCUT2D eigenvalue weighted by Crippen LogP contribution is -2.14. The molecule has 0 radical (unpaired) electrons. The second-order valence-corrected chi connectivity index (χ2v) is 9.10. The molecule has 0 fully saturated rings. The lowest BCUT2D eigenvalue weighted by atomic mass is 10.2. The third-order valence-corrected chi connectivity index (χ3v) is 6.56. The van der Waals surface area contributed by atoms with E-state index in [4.69, 9.17) is 35.4 Å². The number of aryl methyl sites for hydroxylation is 1. The largest absolute Gasteiger partial charge is 0.325 e. The van der Waals surface area contributed by atoms with Gasteiger partial charge in [0.15, 0.2) is 8.29 Å². The third kappa shape index (κ3) is 5.08. The van der Waals surface area contributed by atoms with E-state index in [1.54, 1.807) is 41.9 Å². The van der Waals surface area contributed by atoms with E-state index in [-0.39, 0.29) is 17.5 Å². The average molecular weight is 460 g/mol. The molecule has 10 heteroatoms. The number of nitrogens with one attached hydrogen (secondary N) is 1. The van der Waals surface area contributed by atoms with Gasteiger partial charge in [-0.15, -0.1) is 5.10 Å². The number of hydrogen-bond donors (Lipinski definition) is 1. The van der Waals surface area contributed by atoms with Gasteiger partial charge in [0.1, 0.15) is 5.82 Å². The number of rotatable bonds is 5. The highest BCUT2D eigenvalue weighted by atomic mass is 35.5. The average Bonchev–Trinajstić information content (AvgIpc) is 3.00. The molecular formula is C17H12Cl2FN3OS3. The first-order valence-electron chi connectivity index (χ1n) is 7.58. The van der Waals surface area contributed by atoms with Gasteiger partial charge >= 0.3 is 0 Å². The fraction of sp³-hybridized carbons (Fsp3) is 0.118. The van der Waals surface area contributed by atoms with E-state index >= 15 is 0 Å². The smallest absolute Gasteiger partial charge is 0.234 e. The van der Waals surface area contributed by atoms with Gasteiger partial charge in [0.2, 0.25) is 5.91 Å². The summed E-state index contributed by atoms with van der Waals surface area (Å²) < 4.78 is 16.3. The topological polar surface area (TPSA) is 46.9 Å². The Kier molecular flexibility index (Phi) is 6.54. The van der Waals surface area contributed by atoms with Crippen molar-refractivity contribution in [1.82, 2.24) is 9.78 Å².